The minimum absolute atomic E-state index is 0.890. The van der Waals surface area contributed by atoms with Crippen LogP contribution >= 0.6 is 11.3 Å². The Morgan fingerprint density at radius 1 is 1.24 bits per heavy atom. The predicted molar refractivity (Wildman–Crippen MR) is 72.3 cm³/mol. The van der Waals surface area contributed by atoms with Gasteiger partial charge in [0.25, 0.3) is 0 Å². The molecule has 0 radical (unpaired) electrons. The molecule has 2 heterocycles. The first-order valence-electron chi connectivity index (χ1n) is 5.81. The molecule has 0 saturated heterocycles. The molecule has 0 aliphatic carbocycles. The summed E-state index contributed by atoms with van der Waals surface area (Å²) in [5.41, 5.74) is 6.47. The van der Waals surface area contributed by atoms with Crippen molar-refractivity contribution < 1.29 is 0 Å². The Morgan fingerprint density at radius 2 is 2.00 bits per heavy atom. The summed E-state index contributed by atoms with van der Waals surface area (Å²) in [4.78, 5) is 0. The second kappa shape index (κ2) is 5.02. The summed E-state index contributed by atoms with van der Waals surface area (Å²) in [6, 6.07) is 0. The van der Waals surface area contributed by atoms with Gasteiger partial charge in [-0.25, -0.2) is 0 Å². The van der Waals surface area contributed by atoms with Crippen LogP contribution in [0.25, 0.3) is 0 Å². The summed E-state index contributed by atoms with van der Waals surface area (Å²) in [6.07, 6.45) is 0. The zero-order valence-electron chi connectivity index (χ0n) is 10.9. The Bertz CT molecular complexity index is 511. The average molecular weight is 249 g/mol. The van der Waals surface area contributed by atoms with Crippen molar-refractivity contribution in [2.75, 3.05) is 0 Å². The van der Waals surface area contributed by atoms with Gasteiger partial charge in [0.1, 0.15) is 0 Å². The van der Waals surface area contributed by atoms with E-state index in [1.54, 1.807) is 11.3 Å². The van der Waals surface area contributed by atoms with Gasteiger partial charge >= 0.3 is 0 Å². The van der Waals surface area contributed by atoms with E-state index in [1.165, 1.54) is 22.4 Å². The van der Waals surface area contributed by atoms with Crippen molar-refractivity contribution in [2.24, 2.45) is 7.05 Å². The van der Waals surface area contributed by atoms with Crippen LogP contribution in [0.4, 0.5) is 0 Å². The number of thiophene rings is 1. The summed E-state index contributed by atoms with van der Waals surface area (Å²) in [5.74, 6) is 0. The molecule has 0 fully saturated rings. The molecule has 0 amide bonds. The van der Waals surface area contributed by atoms with E-state index in [4.69, 9.17) is 0 Å². The third kappa shape index (κ3) is 2.58. The molecule has 92 valence electrons. The minimum Gasteiger partial charge on any atom is -0.308 e. The monoisotopic (exact) mass is 249 g/mol. The molecule has 1 N–H and O–H groups in total. The van der Waals surface area contributed by atoms with E-state index in [0.29, 0.717) is 0 Å². The zero-order chi connectivity index (χ0) is 12.4. The van der Waals surface area contributed by atoms with Crippen molar-refractivity contribution in [2.45, 2.75) is 33.9 Å². The Kier molecular flexibility index (Phi) is 3.64. The van der Waals surface area contributed by atoms with E-state index in [0.717, 1.165) is 18.8 Å². The largest absolute Gasteiger partial charge is 0.308 e. The lowest BCUT2D eigenvalue weighted by Gasteiger charge is -2.05. The summed E-state index contributed by atoms with van der Waals surface area (Å²) in [7, 11) is 1.99. The van der Waals surface area contributed by atoms with Crippen LogP contribution < -0.4 is 5.32 Å². The van der Waals surface area contributed by atoms with Crippen molar-refractivity contribution >= 4 is 11.3 Å². The molecule has 0 unspecified atom stereocenters. The number of rotatable bonds is 4. The highest BCUT2D eigenvalue weighted by molar-refractivity contribution is 7.08. The molecular weight excluding hydrogens is 230 g/mol. The van der Waals surface area contributed by atoms with Gasteiger partial charge < -0.3 is 5.32 Å². The molecule has 0 aliphatic rings. The Hall–Kier alpha value is -1.13. The van der Waals surface area contributed by atoms with E-state index in [9.17, 15) is 0 Å². The zero-order valence-corrected chi connectivity index (χ0v) is 11.7. The normalized spacial score (nSPS) is 11.1. The molecule has 3 nitrogen and oxygen atoms in total. The average Bonchev–Trinajstić information content (AvgIpc) is 2.78. The van der Waals surface area contributed by atoms with Gasteiger partial charge in [0.15, 0.2) is 0 Å². The second-order valence-corrected chi connectivity index (χ2v) is 5.20. The van der Waals surface area contributed by atoms with Gasteiger partial charge in [-0.05, 0) is 42.7 Å². The maximum absolute atomic E-state index is 4.42. The van der Waals surface area contributed by atoms with Crippen molar-refractivity contribution in [3.63, 3.8) is 0 Å². The van der Waals surface area contributed by atoms with Gasteiger partial charge in [0.05, 0.1) is 5.69 Å². The third-order valence-electron chi connectivity index (χ3n) is 3.24. The van der Waals surface area contributed by atoms with Gasteiger partial charge in [0, 0.05) is 31.4 Å². The van der Waals surface area contributed by atoms with Crippen LogP contribution in [-0.2, 0) is 20.1 Å². The standard InChI is InChI=1S/C13H19N3S/c1-9-7-17-8-12(9)5-14-6-13-10(2)15-16(4)11(13)3/h7-8,14H,5-6H2,1-4H3. The summed E-state index contributed by atoms with van der Waals surface area (Å²) < 4.78 is 1.95. The molecule has 2 aromatic heterocycles. The predicted octanol–water partition coefficient (Wildman–Crippen LogP) is 2.70. The van der Waals surface area contributed by atoms with Crippen LogP contribution in [0, 0.1) is 20.8 Å². The van der Waals surface area contributed by atoms with Gasteiger partial charge in [0.2, 0.25) is 0 Å². The molecule has 0 bridgehead atoms. The topological polar surface area (TPSA) is 29.9 Å². The van der Waals surface area contributed by atoms with Crippen LogP contribution in [0.2, 0.25) is 0 Å². The van der Waals surface area contributed by atoms with Crippen molar-refractivity contribution in [1.29, 1.82) is 0 Å². The number of nitrogens with one attached hydrogen (secondary N) is 1. The summed E-state index contributed by atoms with van der Waals surface area (Å²) in [5, 5.41) is 12.3. The van der Waals surface area contributed by atoms with Crippen LogP contribution in [0.3, 0.4) is 0 Å². The molecule has 4 heteroatoms. The van der Waals surface area contributed by atoms with Crippen LogP contribution in [0.15, 0.2) is 10.8 Å². The fraction of sp³-hybridized carbons (Fsp3) is 0.462. The number of aromatic nitrogens is 2. The minimum atomic E-state index is 0.890. The smallest absolute Gasteiger partial charge is 0.0641 e. The maximum atomic E-state index is 4.42. The fourth-order valence-electron chi connectivity index (χ4n) is 1.96. The molecule has 0 aromatic carbocycles. The number of hydrogen-bond donors (Lipinski definition) is 1. The first-order chi connectivity index (χ1) is 8.09. The van der Waals surface area contributed by atoms with Crippen molar-refractivity contribution in [3.8, 4) is 0 Å². The quantitative estimate of drug-likeness (QED) is 0.903. The summed E-state index contributed by atoms with van der Waals surface area (Å²) >= 11 is 1.77. The fourth-order valence-corrected chi connectivity index (χ4v) is 2.82. The first-order valence-corrected chi connectivity index (χ1v) is 6.75. The van der Waals surface area contributed by atoms with Crippen molar-refractivity contribution in [3.05, 3.63) is 38.8 Å². The highest BCUT2D eigenvalue weighted by Gasteiger charge is 2.08. The molecular formula is C13H19N3S. The first kappa shape index (κ1) is 12.3. The Morgan fingerprint density at radius 3 is 2.53 bits per heavy atom. The van der Waals surface area contributed by atoms with Crippen LogP contribution in [0.1, 0.15) is 28.1 Å². The lowest BCUT2D eigenvalue weighted by Crippen LogP contribution is -2.14. The number of nitrogens with zero attached hydrogens (tertiary/aromatic N) is 2. The highest BCUT2D eigenvalue weighted by atomic mass is 32.1. The van der Waals surface area contributed by atoms with Crippen molar-refractivity contribution in [1.82, 2.24) is 15.1 Å². The van der Waals surface area contributed by atoms with E-state index in [-0.39, 0.29) is 0 Å². The molecule has 0 aliphatic heterocycles. The SMILES string of the molecule is Cc1cscc1CNCc1c(C)nn(C)c1C. The maximum Gasteiger partial charge on any atom is 0.0641 e. The van der Waals surface area contributed by atoms with E-state index in [2.05, 4.69) is 41.9 Å². The molecule has 0 atom stereocenters. The molecule has 2 aromatic rings. The number of aryl methyl sites for hydroxylation is 3. The lowest BCUT2D eigenvalue weighted by molar-refractivity contribution is 0.683. The summed E-state index contributed by atoms with van der Waals surface area (Å²) in [6.45, 7) is 8.17. The Labute approximate surface area is 106 Å². The molecule has 0 saturated carbocycles. The lowest BCUT2D eigenvalue weighted by atomic mass is 10.2. The highest BCUT2D eigenvalue weighted by Crippen LogP contribution is 2.15. The second-order valence-electron chi connectivity index (χ2n) is 4.46. The van der Waals surface area contributed by atoms with E-state index in [1.807, 2.05) is 11.7 Å². The van der Waals surface area contributed by atoms with Gasteiger partial charge in [-0.15, -0.1) is 0 Å². The molecule has 17 heavy (non-hydrogen) atoms. The molecule has 0 spiro atoms. The van der Waals surface area contributed by atoms with Gasteiger partial charge in [-0.3, -0.25) is 4.68 Å². The van der Waals surface area contributed by atoms with Gasteiger partial charge in [-0.1, -0.05) is 0 Å². The van der Waals surface area contributed by atoms with E-state index < -0.39 is 0 Å². The number of hydrogen-bond acceptors (Lipinski definition) is 3. The van der Waals surface area contributed by atoms with Crippen LogP contribution in [-0.4, -0.2) is 9.78 Å². The third-order valence-corrected chi connectivity index (χ3v) is 4.15. The van der Waals surface area contributed by atoms with Gasteiger partial charge in [-0.2, -0.15) is 16.4 Å². The molecule has 2 rings (SSSR count). The Balaban J connectivity index is 1.97. The van der Waals surface area contributed by atoms with Crippen LogP contribution in [0.5, 0.6) is 0 Å². The van der Waals surface area contributed by atoms with E-state index >= 15 is 0 Å².